The third kappa shape index (κ3) is 3.36. The summed E-state index contributed by atoms with van der Waals surface area (Å²) >= 11 is 0. The Bertz CT molecular complexity index is 536. The van der Waals surface area contributed by atoms with Gasteiger partial charge >= 0.3 is 0 Å². The van der Waals surface area contributed by atoms with Crippen LogP contribution < -0.4 is 10.5 Å². The van der Waals surface area contributed by atoms with Gasteiger partial charge in [-0.25, -0.2) is 0 Å². The highest BCUT2D eigenvalue weighted by Gasteiger charge is 2.11. The van der Waals surface area contributed by atoms with E-state index in [1.807, 2.05) is 30.3 Å². The van der Waals surface area contributed by atoms with Gasteiger partial charge in [-0.05, 0) is 42.2 Å². The van der Waals surface area contributed by atoms with Crippen molar-refractivity contribution in [3.05, 3.63) is 65.2 Å². The lowest BCUT2D eigenvalue weighted by Gasteiger charge is -2.16. The molecule has 2 nitrogen and oxygen atoms in total. The van der Waals surface area contributed by atoms with E-state index in [9.17, 15) is 0 Å². The normalized spacial score (nSPS) is 12.2. The van der Waals surface area contributed by atoms with E-state index in [-0.39, 0.29) is 6.04 Å². The second kappa shape index (κ2) is 6.39. The van der Waals surface area contributed by atoms with Crippen molar-refractivity contribution in [2.45, 2.75) is 26.3 Å². The molecule has 1 atom stereocenters. The van der Waals surface area contributed by atoms with Crippen LogP contribution in [0.15, 0.2) is 48.5 Å². The van der Waals surface area contributed by atoms with Crippen LogP contribution in [0.4, 0.5) is 0 Å². The Balaban J connectivity index is 2.24. The highest BCUT2D eigenvalue weighted by Crippen LogP contribution is 2.25. The van der Waals surface area contributed by atoms with Crippen LogP contribution in [0, 0.1) is 6.92 Å². The molecule has 100 valence electrons. The summed E-state index contributed by atoms with van der Waals surface area (Å²) in [6.07, 6.45) is 1.01. The molecule has 0 spiro atoms. The summed E-state index contributed by atoms with van der Waals surface area (Å²) < 4.78 is 5.66. The summed E-state index contributed by atoms with van der Waals surface area (Å²) in [6, 6.07) is 16.2. The first-order valence-corrected chi connectivity index (χ1v) is 6.76. The maximum absolute atomic E-state index is 6.36. The first kappa shape index (κ1) is 13.6. The van der Waals surface area contributed by atoms with Crippen LogP contribution in [0.25, 0.3) is 0 Å². The average molecular weight is 255 g/mol. The molecule has 1 unspecified atom stereocenters. The summed E-state index contributed by atoms with van der Waals surface area (Å²) in [5.41, 5.74) is 9.82. The number of benzene rings is 2. The van der Waals surface area contributed by atoms with Gasteiger partial charge in [-0.2, -0.15) is 0 Å². The van der Waals surface area contributed by atoms with Gasteiger partial charge in [0, 0.05) is 0 Å². The van der Waals surface area contributed by atoms with Crippen molar-refractivity contribution in [1.82, 2.24) is 0 Å². The minimum absolute atomic E-state index is 0.105. The van der Waals surface area contributed by atoms with Crippen molar-refractivity contribution in [2.75, 3.05) is 6.61 Å². The smallest absolute Gasteiger partial charge is 0.119 e. The first-order valence-electron chi connectivity index (χ1n) is 6.76. The van der Waals surface area contributed by atoms with Crippen molar-refractivity contribution in [3.63, 3.8) is 0 Å². The van der Waals surface area contributed by atoms with E-state index in [4.69, 9.17) is 10.5 Å². The summed E-state index contributed by atoms with van der Waals surface area (Å²) in [4.78, 5) is 0. The Morgan fingerprint density at radius 3 is 2.63 bits per heavy atom. The van der Waals surface area contributed by atoms with Gasteiger partial charge in [0.15, 0.2) is 0 Å². The fraction of sp³-hybridized carbons (Fsp3) is 0.294. The lowest BCUT2D eigenvalue weighted by molar-refractivity contribution is 0.317. The second-order valence-electron chi connectivity index (χ2n) is 4.76. The van der Waals surface area contributed by atoms with Crippen LogP contribution in [-0.2, 0) is 0 Å². The van der Waals surface area contributed by atoms with Gasteiger partial charge in [0.05, 0.1) is 12.6 Å². The van der Waals surface area contributed by atoms with Gasteiger partial charge in [-0.3, -0.25) is 0 Å². The summed E-state index contributed by atoms with van der Waals surface area (Å²) in [5.74, 6) is 0.892. The predicted octanol–water partition coefficient (Wildman–Crippen LogP) is 3.83. The second-order valence-corrected chi connectivity index (χ2v) is 4.76. The third-order valence-electron chi connectivity index (χ3n) is 3.21. The Hall–Kier alpha value is -1.80. The molecule has 0 amide bonds. The minimum Gasteiger partial charge on any atom is -0.494 e. The Labute approximate surface area is 115 Å². The van der Waals surface area contributed by atoms with Gasteiger partial charge in [0.25, 0.3) is 0 Å². The lowest BCUT2D eigenvalue weighted by atomic mass is 9.96. The molecular weight excluding hydrogens is 234 g/mol. The lowest BCUT2D eigenvalue weighted by Crippen LogP contribution is -2.13. The maximum Gasteiger partial charge on any atom is 0.119 e. The van der Waals surface area contributed by atoms with E-state index in [0.29, 0.717) is 0 Å². The molecule has 2 aromatic rings. The van der Waals surface area contributed by atoms with E-state index in [1.165, 1.54) is 5.56 Å². The van der Waals surface area contributed by atoms with Crippen LogP contribution in [0.3, 0.4) is 0 Å². The number of aryl methyl sites for hydroxylation is 1. The Kier molecular flexibility index (Phi) is 4.58. The zero-order valence-corrected chi connectivity index (χ0v) is 11.6. The van der Waals surface area contributed by atoms with Gasteiger partial charge in [0.2, 0.25) is 0 Å². The van der Waals surface area contributed by atoms with Crippen LogP contribution in [-0.4, -0.2) is 6.61 Å². The fourth-order valence-electron chi connectivity index (χ4n) is 2.13. The van der Waals surface area contributed by atoms with Gasteiger partial charge in [0.1, 0.15) is 5.75 Å². The zero-order chi connectivity index (χ0) is 13.7. The SMILES string of the molecule is CCCOc1cccc(C(N)c2ccccc2C)c1. The monoisotopic (exact) mass is 255 g/mol. The highest BCUT2D eigenvalue weighted by molar-refractivity contribution is 5.39. The zero-order valence-electron chi connectivity index (χ0n) is 11.6. The highest BCUT2D eigenvalue weighted by atomic mass is 16.5. The van der Waals surface area contributed by atoms with Gasteiger partial charge < -0.3 is 10.5 Å². The molecule has 0 fully saturated rings. The summed E-state index contributed by atoms with van der Waals surface area (Å²) in [5, 5.41) is 0. The van der Waals surface area contributed by atoms with Crippen molar-refractivity contribution in [2.24, 2.45) is 5.73 Å². The van der Waals surface area contributed by atoms with Crippen molar-refractivity contribution >= 4 is 0 Å². The van der Waals surface area contributed by atoms with Crippen LogP contribution >= 0.6 is 0 Å². The number of hydrogen-bond donors (Lipinski definition) is 1. The molecule has 0 radical (unpaired) electrons. The molecule has 0 bridgehead atoms. The predicted molar refractivity (Wildman–Crippen MR) is 79.4 cm³/mol. The number of ether oxygens (including phenoxy) is 1. The standard InChI is InChI=1S/C17H21NO/c1-3-11-19-15-9-6-8-14(12-15)17(18)16-10-5-4-7-13(16)2/h4-10,12,17H,3,11,18H2,1-2H3. The molecule has 0 aromatic heterocycles. The molecule has 2 rings (SSSR count). The quantitative estimate of drug-likeness (QED) is 0.881. The molecule has 2 N–H and O–H groups in total. The molecule has 0 saturated carbocycles. The van der Waals surface area contributed by atoms with Crippen molar-refractivity contribution in [1.29, 1.82) is 0 Å². The molecule has 2 heteroatoms. The molecule has 0 saturated heterocycles. The van der Waals surface area contributed by atoms with Crippen LogP contribution in [0.2, 0.25) is 0 Å². The van der Waals surface area contributed by atoms with Crippen LogP contribution in [0.1, 0.15) is 36.1 Å². The minimum atomic E-state index is -0.105. The third-order valence-corrected chi connectivity index (χ3v) is 3.21. The maximum atomic E-state index is 6.36. The Morgan fingerprint density at radius 2 is 1.89 bits per heavy atom. The molecule has 19 heavy (non-hydrogen) atoms. The van der Waals surface area contributed by atoms with Crippen LogP contribution in [0.5, 0.6) is 5.75 Å². The molecule has 0 heterocycles. The Morgan fingerprint density at radius 1 is 1.11 bits per heavy atom. The summed E-state index contributed by atoms with van der Waals surface area (Å²) in [7, 11) is 0. The molecule has 0 aliphatic carbocycles. The van der Waals surface area contributed by atoms with E-state index in [1.54, 1.807) is 0 Å². The largest absolute Gasteiger partial charge is 0.494 e. The topological polar surface area (TPSA) is 35.2 Å². The summed E-state index contributed by atoms with van der Waals surface area (Å²) in [6.45, 7) is 4.93. The number of nitrogens with two attached hydrogens (primary N) is 1. The van der Waals surface area contributed by atoms with Crippen molar-refractivity contribution < 1.29 is 4.74 Å². The molecule has 2 aromatic carbocycles. The fourth-order valence-corrected chi connectivity index (χ4v) is 2.13. The molecule has 0 aliphatic heterocycles. The number of rotatable bonds is 5. The number of hydrogen-bond acceptors (Lipinski definition) is 2. The van der Waals surface area contributed by atoms with Gasteiger partial charge in [-0.15, -0.1) is 0 Å². The molecule has 0 aliphatic rings. The van der Waals surface area contributed by atoms with Gasteiger partial charge in [-0.1, -0.05) is 43.3 Å². The first-order chi connectivity index (χ1) is 9.22. The van der Waals surface area contributed by atoms with E-state index >= 15 is 0 Å². The van der Waals surface area contributed by atoms with Crippen molar-refractivity contribution in [3.8, 4) is 5.75 Å². The average Bonchev–Trinajstić information content (AvgIpc) is 2.45. The van der Waals surface area contributed by atoms with E-state index in [0.717, 1.165) is 29.9 Å². The van der Waals surface area contributed by atoms with E-state index in [2.05, 4.69) is 32.0 Å². The van der Waals surface area contributed by atoms with E-state index < -0.39 is 0 Å². The molecular formula is C17H21NO.